The highest BCUT2D eigenvalue weighted by atomic mass is 16.3. The second kappa shape index (κ2) is 6.75. The summed E-state index contributed by atoms with van der Waals surface area (Å²) in [7, 11) is 0. The van der Waals surface area contributed by atoms with Crippen molar-refractivity contribution in [1.29, 1.82) is 0 Å². The van der Waals surface area contributed by atoms with Crippen LogP contribution < -0.4 is 5.32 Å². The van der Waals surface area contributed by atoms with E-state index in [0.717, 1.165) is 12.0 Å². The number of hydrogen-bond acceptors (Lipinski definition) is 2. The van der Waals surface area contributed by atoms with Gasteiger partial charge in [0.15, 0.2) is 0 Å². The molecule has 1 atom stereocenters. The number of rotatable bonds is 5. The molecule has 2 rings (SSSR count). The average molecular weight is 269 g/mol. The average Bonchev–Trinajstić information content (AvgIpc) is 2.47. The molecule has 3 nitrogen and oxygen atoms in total. The Kier molecular flexibility index (Phi) is 4.77. The summed E-state index contributed by atoms with van der Waals surface area (Å²) in [5.74, 6) is 0.269. The number of phenols is 1. The van der Waals surface area contributed by atoms with E-state index in [2.05, 4.69) is 5.32 Å². The first-order valence-electron chi connectivity index (χ1n) is 6.77. The molecule has 20 heavy (non-hydrogen) atoms. The lowest BCUT2D eigenvalue weighted by molar-refractivity contribution is -0.121. The molecule has 104 valence electrons. The molecule has 1 unspecified atom stereocenters. The lowest BCUT2D eigenvalue weighted by Crippen LogP contribution is -2.26. The molecule has 0 aliphatic heterocycles. The summed E-state index contributed by atoms with van der Waals surface area (Å²) in [5.41, 5.74) is 2.15. The van der Waals surface area contributed by atoms with E-state index in [1.165, 1.54) is 5.56 Å². The Morgan fingerprint density at radius 3 is 2.40 bits per heavy atom. The number of carbonyl (C=O) groups is 1. The molecule has 0 aliphatic rings. The first-order chi connectivity index (χ1) is 9.65. The molecule has 0 saturated carbocycles. The molecule has 0 fully saturated rings. The van der Waals surface area contributed by atoms with Crippen LogP contribution in [0.2, 0.25) is 0 Å². The molecule has 0 aliphatic carbocycles. The minimum absolute atomic E-state index is 0.0365. The van der Waals surface area contributed by atoms with Crippen molar-refractivity contribution in [2.75, 3.05) is 0 Å². The van der Waals surface area contributed by atoms with Crippen LogP contribution in [0, 0.1) is 0 Å². The maximum Gasteiger partial charge on any atom is 0.220 e. The zero-order valence-corrected chi connectivity index (χ0v) is 11.5. The van der Waals surface area contributed by atoms with Crippen molar-refractivity contribution in [3.05, 3.63) is 65.7 Å². The molecular formula is C17H19NO2. The molecule has 0 spiro atoms. The number of benzene rings is 2. The fraction of sp³-hybridized carbons (Fsp3) is 0.235. The molecule has 3 heteroatoms. The van der Waals surface area contributed by atoms with Crippen LogP contribution >= 0.6 is 0 Å². The van der Waals surface area contributed by atoms with E-state index in [9.17, 15) is 9.90 Å². The van der Waals surface area contributed by atoms with Gasteiger partial charge in [-0.3, -0.25) is 4.79 Å². The largest absolute Gasteiger partial charge is 0.508 e. The van der Waals surface area contributed by atoms with Gasteiger partial charge in [-0.15, -0.1) is 0 Å². The van der Waals surface area contributed by atoms with Gasteiger partial charge in [-0.25, -0.2) is 0 Å². The fourth-order valence-electron chi connectivity index (χ4n) is 2.06. The van der Waals surface area contributed by atoms with Crippen LogP contribution in [0.15, 0.2) is 54.6 Å². The van der Waals surface area contributed by atoms with Crippen molar-refractivity contribution in [3.63, 3.8) is 0 Å². The normalized spacial score (nSPS) is 11.8. The van der Waals surface area contributed by atoms with Gasteiger partial charge in [-0.1, -0.05) is 42.5 Å². The van der Waals surface area contributed by atoms with Gasteiger partial charge < -0.3 is 10.4 Å². The highest BCUT2D eigenvalue weighted by Crippen LogP contribution is 2.16. The zero-order chi connectivity index (χ0) is 14.4. The fourth-order valence-corrected chi connectivity index (χ4v) is 2.06. The highest BCUT2D eigenvalue weighted by molar-refractivity contribution is 5.76. The third kappa shape index (κ3) is 4.12. The third-order valence-corrected chi connectivity index (χ3v) is 3.25. The molecule has 0 aromatic heterocycles. The number of phenolic OH excluding ortho intramolecular Hbond substituents is 1. The summed E-state index contributed by atoms with van der Waals surface area (Å²) in [6, 6.07) is 16.8. The number of aromatic hydroxyl groups is 1. The molecular weight excluding hydrogens is 250 g/mol. The topological polar surface area (TPSA) is 49.3 Å². The Balaban J connectivity index is 1.83. The minimum Gasteiger partial charge on any atom is -0.508 e. The number of aryl methyl sites for hydroxylation is 1. The molecule has 0 saturated heterocycles. The molecule has 1 amide bonds. The number of amides is 1. The van der Waals surface area contributed by atoms with Gasteiger partial charge in [-0.2, -0.15) is 0 Å². The van der Waals surface area contributed by atoms with E-state index in [1.54, 1.807) is 12.1 Å². The van der Waals surface area contributed by atoms with E-state index >= 15 is 0 Å². The summed E-state index contributed by atoms with van der Waals surface area (Å²) in [6.07, 6.45) is 1.22. The van der Waals surface area contributed by atoms with Gasteiger partial charge in [0, 0.05) is 6.42 Å². The molecule has 0 radical (unpaired) electrons. The van der Waals surface area contributed by atoms with E-state index in [-0.39, 0.29) is 17.7 Å². The zero-order valence-electron chi connectivity index (χ0n) is 11.5. The van der Waals surface area contributed by atoms with Gasteiger partial charge in [0.1, 0.15) is 5.75 Å². The summed E-state index contributed by atoms with van der Waals surface area (Å²) in [4.78, 5) is 11.9. The van der Waals surface area contributed by atoms with E-state index in [0.29, 0.717) is 6.42 Å². The highest BCUT2D eigenvalue weighted by Gasteiger charge is 2.09. The first kappa shape index (κ1) is 14.1. The maximum atomic E-state index is 11.9. The SMILES string of the molecule is CC(NC(=O)CCc1ccccc1)c1ccc(O)cc1. The maximum absolute atomic E-state index is 11.9. The predicted octanol–water partition coefficient (Wildman–Crippen LogP) is 3.20. The quantitative estimate of drug-likeness (QED) is 0.875. The van der Waals surface area contributed by atoms with Crippen molar-refractivity contribution in [3.8, 4) is 5.75 Å². The van der Waals surface area contributed by atoms with Crippen LogP contribution in [0.4, 0.5) is 0 Å². The van der Waals surface area contributed by atoms with Gasteiger partial charge in [0.2, 0.25) is 5.91 Å². The lowest BCUT2D eigenvalue weighted by Gasteiger charge is -2.14. The van der Waals surface area contributed by atoms with Gasteiger partial charge in [0.25, 0.3) is 0 Å². The monoisotopic (exact) mass is 269 g/mol. The van der Waals surface area contributed by atoms with Gasteiger partial charge in [0.05, 0.1) is 6.04 Å². The van der Waals surface area contributed by atoms with Crippen LogP contribution in [0.5, 0.6) is 5.75 Å². The van der Waals surface area contributed by atoms with Crippen molar-refractivity contribution < 1.29 is 9.90 Å². The minimum atomic E-state index is -0.0566. The number of hydrogen-bond donors (Lipinski definition) is 2. The molecule has 0 bridgehead atoms. The van der Waals surface area contributed by atoms with E-state index < -0.39 is 0 Å². The van der Waals surface area contributed by atoms with E-state index in [1.807, 2.05) is 49.4 Å². The first-order valence-corrected chi connectivity index (χ1v) is 6.77. The van der Waals surface area contributed by atoms with Crippen molar-refractivity contribution >= 4 is 5.91 Å². The van der Waals surface area contributed by atoms with Gasteiger partial charge >= 0.3 is 0 Å². The Morgan fingerprint density at radius 2 is 1.75 bits per heavy atom. The second-order valence-electron chi connectivity index (χ2n) is 4.87. The van der Waals surface area contributed by atoms with Crippen LogP contribution in [0.3, 0.4) is 0 Å². The standard InChI is InChI=1S/C17H19NO2/c1-13(15-8-10-16(19)11-9-15)18-17(20)12-7-14-5-3-2-4-6-14/h2-6,8-11,13,19H,7,12H2,1H3,(H,18,20). The van der Waals surface area contributed by atoms with Crippen LogP contribution in [-0.4, -0.2) is 11.0 Å². The predicted molar refractivity (Wildman–Crippen MR) is 79.4 cm³/mol. The summed E-state index contributed by atoms with van der Waals surface area (Å²) in [6.45, 7) is 1.94. The lowest BCUT2D eigenvalue weighted by atomic mass is 10.1. The number of nitrogens with one attached hydrogen (secondary N) is 1. The number of carbonyl (C=O) groups excluding carboxylic acids is 1. The van der Waals surface area contributed by atoms with Gasteiger partial charge in [-0.05, 0) is 36.6 Å². The Bertz CT molecular complexity index is 549. The van der Waals surface area contributed by atoms with Crippen molar-refractivity contribution in [2.24, 2.45) is 0 Å². The Morgan fingerprint density at radius 1 is 1.10 bits per heavy atom. The summed E-state index contributed by atoms with van der Waals surface area (Å²) < 4.78 is 0. The third-order valence-electron chi connectivity index (χ3n) is 3.25. The molecule has 2 aromatic rings. The smallest absolute Gasteiger partial charge is 0.220 e. The Labute approximate surface area is 119 Å². The van der Waals surface area contributed by atoms with Crippen LogP contribution in [0.1, 0.15) is 30.5 Å². The summed E-state index contributed by atoms with van der Waals surface area (Å²) in [5, 5.41) is 12.2. The van der Waals surface area contributed by atoms with Crippen LogP contribution in [-0.2, 0) is 11.2 Å². The Hall–Kier alpha value is -2.29. The molecule has 2 N–H and O–H groups in total. The van der Waals surface area contributed by atoms with E-state index in [4.69, 9.17) is 0 Å². The van der Waals surface area contributed by atoms with Crippen LogP contribution in [0.25, 0.3) is 0 Å². The van der Waals surface area contributed by atoms with Crippen molar-refractivity contribution in [2.45, 2.75) is 25.8 Å². The van der Waals surface area contributed by atoms with Crippen molar-refractivity contribution in [1.82, 2.24) is 5.32 Å². The summed E-state index contributed by atoms with van der Waals surface area (Å²) >= 11 is 0. The molecule has 0 heterocycles. The molecule has 2 aromatic carbocycles. The second-order valence-corrected chi connectivity index (χ2v) is 4.87.